The number of nitrogens with one attached hydrogen (secondary N) is 3. The Hall–Kier alpha value is -3.14. The molecule has 10 nitrogen and oxygen atoms in total. The van der Waals surface area contributed by atoms with Gasteiger partial charge in [-0.15, -0.1) is 0 Å². The highest BCUT2D eigenvalue weighted by Crippen LogP contribution is 2.12. The summed E-state index contributed by atoms with van der Waals surface area (Å²) < 4.78 is 5.38. The van der Waals surface area contributed by atoms with Gasteiger partial charge in [-0.3, -0.25) is 14.4 Å². The summed E-state index contributed by atoms with van der Waals surface area (Å²) in [6.07, 6.45) is 0.0993. The van der Waals surface area contributed by atoms with Crippen LogP contribution in [0.3, 0.4) is 0 Å². The molecule has 2 atom stereocenters. The molecule has 0 fully saturated rings. The Bertz CT molecular complexity index is 782. The molecule has 3 N–H and O–H groups in total. The van der Waals surface area contributed by atoms with E-state index in [2.05, 4.69) is 16.0 Å². The van der Waals surface area contributed by atoms with Gasteiger partial charge in [0, 0.05) is 25.3 Å². The number of likely N-dealkylation sites (N-methyl/N-ethyl adjacent to an activating group) is 2. The Morgan fingerprint density at radius 2 is 1.67 bits per heavy atom. The zero-order chi connectivity index (χ0) is 25.0. The van der Waals surface area contributed by atoms with Crippen molar-refractivity contribution in [1.82, 2.24) is 20.4 Å². The molecule has 0 saturated carbocycles. The van der Waals surface area contributed by atoms with Gasteiger partial charge in [-0.1, -0.05) is 26.0 Å². The highest BCUT2D eigenvalue weighted by molar-refractivity contribution is 5.97. The molecule has 4 amide bonds. The molecule has 33 heavy (non-hydrogen) atoms. The van der Waals surface area contributed by atoms with Gasteiger partial charge in [0.15, 0.2) is 0 Å². The van der Waals surface area contributed by atoms with E-state index in [1.807, 2.05) is 25.9 Å². The number of carbonyl (C=O) groups excluding carboxylic acids is 4. The monoisotopic (exact) mass is 463 g/mol. The predicted octanol–water partition coefficient (Wildman–Crippen LogP) is 1.42. The van der Waals surface area contributed by atoms with Crippen LogP contribution in [0.5, 0.6) is 0 Å². The lowest BCUT2D eigenvalue weighted by Crippen LogP contribution is -2.52. The third kappa shape index (κ3) is 9.90. The number of hydrogen-bond acceptors (Lipinski definition) is 6. The van der Waals surface area contributed by atoms with Crippen LogP contribution in [0.25, 0.3) is 0 Å². The van der Waals surface area contributed by atoms with Gasteiger partial charge >= 0.3 is 6.09 Å². The molecule has 0 aliphatic carbocycles. The fourth-order valence-electron chi connectivity index (χ4n) is 2.88. The quantitative estimate of drug-likeness (QED) is 0.381. The van der Waals surface area contributed by atoms with Crippen molar-refractivity contribution in [2.45, 2.75) is 46.4 Å². The van der Waals surface area contributed by atoms with Crippen molar-refractivity contribution in [2.24, 2.45) is 5.92 Å². The molecule has 0 radical (unpaired) electrons. The van der Waals surface area contributed by atoms with Gasteiger partial charge in [-0.2, -0.15) is 0 Å². The zero-order valence-electron chi connectivity index (χ0n) is 20.4. The summed E-state index contributed by atoms with van der Waals surface area (Å²) >= 11 is 0. The summed E-state index contributed by atoms with van der Waals surface area (Å²) in [6, 6.07) is 5.39. The maximum atomic E-state index is 12.4. The van der Waals surface area contributed by atoms with E-state index in [1.54, 1.807) is 49.9 Å². The third-order valence-corrected chi connectivity index (χ3v) is 4.99. The summed E-state index contributed by atoms with van der Waals surface area (Å²) in [7, 11) is 3.89. The summed E-state index contributed by atoms with van der Waals surface area (Å²) in [5.41, 5.74) is 1.33. The van der Waals surface area contributed by atoms with E-state index in [9.17, 15) is 19.2 Å². The highest BCUT2D eigenvalue weighted by atomic mass is 16.6. The van der Waals surface area contributed by atoms with Crippen LogP contribution in [0.1, 0.15) is 33.3 Å². The first-order valence-corrected chi connectivity index (χ1v) is 11.0. The summed E-state index contributed by atoms with van der Waals surface area (Å²) in [5.74, 6) is -0.941. The van der Waals surface area contributed by atoms with E-state index in [0.29, 0.717) is 25.2 Å². The van der Waals surface area contributed by atoms with E-state index in [4.69, 9.17) is 4.74 Å². The molecule has 0 saturated heterocycles. The maximum absolute atomic E-state index is 12.4. The van der Waals surface area contributed by atoms with Gasteiger partial charge in [0.25, 0.3) is 0 Å². The van der Waals surface area contributed by atoms with Crippen LogP contribution in [-0.2, 0) is 25.7 Å². The van der Waals surface area contributed by atoms with Crippen molar-refractivity contribution in [1.29, 1.82) is 0 Å². The number of anilines is 1. The lowest BCUT2D eigenvalue weighted by atomic mass is 10.0. The fraction of sp³-hybridized carbons (Fsp3) is 0.565. The van der Waals surface area contributed by atoms with Crippen LogP contribution < -0.4 is 16.0 Å². The van der Waals surface area contributed by atoms with E-state index >= 15 is 0 Å². The van der Waals surface area contributed by atoms with Crippen LogP contribution in [0, 0.1) is 5.92 Å². The molecule has 184 valence electrons. The van der Waals surface area contributed by atoms with Crippen molar-refractivity contribution >= 4 is 30.0 Å². The normalized spacial score (nSPS) is 12.6. The number of hydrogen-bond donors (Lipinski definition) is 3. The number of rotatable bonds is 13. The highest BCUT2D eigenvalue weighted by Gasteiger charge is 2.25. The smallest absolute Gasteiger partial charge is 0.410 e. The van der Waals surface area contributed by atoms with Crippen molar-refractivity contribution in [3.05, 3.63) is 29.8 Å². The molecule has 10 heteroatoms. The van der Waals surface area contributed by atoms with E-state index in [-0.39, 0.29) is 18.6 Å². The molecule has 1 aromatic carbocycles. The largest absolute Gasteiger partial charge is 0.445 e. The first-order chi connectivity index (χ1) is 15.6. The van der Waals surface area contributed by atoms with Gasteiger partial charge in [0.05, 0.1) is 0 Å². The second kappa shape index (κ2) is 14.1. The van der Waals surface area contributed by atoms with Gasteiger partial charge < -0.3 is 30.5 Å². The molecular formula is C23H37N5O5. The molecule has 0 spiro atoms. The molecule has 0 unspecified atom stereocenters. The molecule has 0 aliphatic heterocycles. The molecule has 0 bridgehead atoms. The SMILES string of the molecule is CCN(CCN(C)C)C(=O)OCc1ccc(NC(=O)[C@H](C)NC(=O)[C@@H](NC=O)C(C)C)cc1. The molecule has 0 aliphatic rings. The van der Waals surface area contributed by atoms with E-state index in [1.165, 1.54) is 0 Å². The Morgan fingerprint density at radius 3 is 2.18 bits per heavy atom. The summed E-state index contributed by atoms with van der Waals surface area (Å²) in [5, 5.41) is 7.79. The van der Waals surface area contributed by atoms with E-state index in [0.717, 1.165) is 12.1 Å². The van der Waals surface area contributed by atoms with Crippen LogP contribution in [0.15, 0.2) is 24.3 Å². The minimum absolute atomic E-state index is 0.121. The van der Waals surface area contributed by atoms with Gasteiger partial charge in [0.2, 0.25) is 18.2 Å². The standard InChI is InChI=1S/C23H37N5O5/c1-7-28(13-12-27(5)6)23(32)33-14-18-8-10-19(11-9-18)26-21(30)17(4)25-22(31)20(16(2)3)24-15-29/h8-11,15-17,20H,7,12-14H2,1-6H3,(H,24,29)(H,25,31)(H,26,30)/t17-,20-/m0/s1. The topological polar surface area (TPSA) is 120 Å². The van der Waals surface area contributed by atoms with Gasteiger partial charge in [-0.05, 0) is 51.6 Å². The Balaban J connectivity index is 2.57. The fourth-order valence-corrected chi connectivity index (χ4v) is 2.88. The molecular weight excluding hydrogens is 426 g/mol. The van der Waals surface area contributed by atoms with Crippen LogP contribution in [-0.4, -0.2) is 79.9 Å². The Morgan fingerprint density at radius 1 is 1.03 bits per heavy atom. The lowest BCUT2D eigenvalue weighted by Gasteiger charge is -2.22. The maximum Gasteiger partial charge on any atom is 0.410 e. The Labute approximate surface area is 196 Å². The average molecular weight is 464 g/mol. The second-order valence-corrected chi connectivity index (χ2v) is 8.36. The predicted molar refractivity (Wildman–Crippen MR) is 126 cm³/mol. The van der Waals surface area contributed by atoms with Crippen LogP contribution in [0.2, 0.25) is 0 Å². The first-order valence-electron chi connectivity index (χ1n) is 11.0. The second-order valence-electron chi connectivity index (χ2n) is 8.36. The number of carbonyl (C=O) groups is 4. The van der Waals surface area contributed by atoms with Crippen molar-refractivity contribution in [3.63, 3.8) is 0 Å². The summed E-state index contributed by atoms with van der Waals surface area (Å²) in [6.45, 7) is 9.09. The molecule has 1 aromatic rings. The van der Waals surface area contributed by atoms with Crippen molar-refractivity contribution in [2.75, 3.05) is 39.0 Å². The van der Waals surface area contributed by atoms with E-state index < -0.39 is 23.9 Å². The van der Waals surface area contributed by atoms with Crippen molar-refractivity contribution < 1.29 is 23.9 Å². The number of nitrogens with zero attached hydrogens (tertiary/aromatic N) is 2. The summed E-state index contributed by atoms with van der Waals surface area (Å²) in [4.78, 5) is 51.3. The van der Waals surface area contributed by atoms with Crippen LogP contribution in [0.4, 0.5) is 10.5 Å². The number of ether oxygens (including phenoxy) is 1. The van der Waals surface area contributed by atoms with Gasteiger partial charge in [-0.25, -0.2) is 4.79 Å². The minimum atomic E-state index is -0.796. The lowest BCUT2D eigenvalue weighted by molar-refractivity contribution is -0.129. The Kier molecular flexibility index (Phi) is 11.9. The molecule has 1 rings (SSSR count). The number of benzene rings is 1. The first kappa shape index (κ1) is 27.9. The third-order valence-electron chi connectivity index (χ3n) is 4.99. The molecule has 0 aromatic heterocycles. The molecule has 0 heterocycles. The minimum Gasteiger partial charge on any atom is -0.445 e. The van der Waals surface area contributed by atoms with Crippen LogP contribution >= 0.6 is 0 Å². The zero-order valence-corrected chi connectivity index (χ0v) is 20.4. The van der Waals surface area contributed by atoms with Crippen molar-refractivity contribution in [3.8, 4) is 0 Å². The number of amides is 4. The average Bonchev–Trinajstić information content (AvgIpc) is 2.76. The van der Waals surface area contributed by atoms with Gasteiger partial charge in [0.1, 0.15) is 18.7 Å².